The number of anilines is 1. The Bertz CT molecular complexity index is 760. The van der Waals surface area contributed by atoms with Gasteiger partial charge in [-0.05, 0) is 42.3 Å². The van der Waals surface area contributed by atoms with Crippen molar-refractivity contribution in [3.8, 4) is 5.75 Å². The molecule has 2 aromatic rings. The van der Waals surface area contributed by atoms with Crippen LogP contribution >= 0.6 is 34.8 Å². The maximum Gasteiger partial charge on any atom is 0.255 e. The van der Waals surface area contributed by atoms with Crippen molar-refractivity contribution in [1.82, 2.24) is 0 Å². The number of nitrogens with one attached hydrogen (secondary N) is 1. The summed E-state index contributed by atoms with van der Waals surface area (Å²) in [6, 6.07) is 8.16. The van der Waals surface area contributed by atoms with E-state index in [0.717, 1.165) is 5.56 Å². The number of carbonyl (C=O) groups is 1. The SMILES string of the molecule is C=CCc1cc(C(=O)Nc2cc(Cl)c(Cl)cc2Cl)ccc1OC. The molecule has 6 heteroatoms. The fourth-order valence-electron chi connectivity index (χ4n) is 2.05. The molecule has 0 radical (unpaired) electrons. The highest BCUT2D eigenvalue weighted by atomic mass is 35.5. The summed E-state index contributed by atoms with van der Waals surface area (Å²) in [6.07, 6.45) is 2.34. The van der Waals surface area contributed by atoms with Gasteiger partial charge in [0.25, 0.3) is 5.91 Å². The molecule has 0 aliphatic heterocycles. The van der Waals surface area contributed by atoms with Gasteiger partial charge in [-0.1, -0.05) is 40.9 Å². The Kier molecular flexibility index (Phi) is 5.94. The van der Waals surface area contributed by atoms with Gasteiger partial charge in [-0.15, -0.1) is 6.58 Å². The number of rotatable bonds is 5. The summed E-state index contributed by atoms with van der Waals surface area (Å²) in [5, 5.41) is 3.67. The van der Waals surface area contributed by atoms with Crippen LogP contribution in [0.4, 0.5) is 5.69 Å². The fourth-order valence-corrected chi connectivity index (χ4v) is 2.64. The topological polar surface area (TPSA) is 38.3 Å². The van der Waals surface area contributed by atoms with Crippen LogP contribution in [-0.4, -0.2) is 13.0 Å². The van der Waals surface area contributed by atoms with Gasteiger partial charge >= 0.3 is 0 Å². The first-order chi connectivity index (χ1) is 11.0. The zero-order valence-electron chi connectivity index (χ0n) is 12.3. The minimum absolute atomic E-state index is 0.307. The van der Waals surface area contributed by atoms with Crippen LogP contribution in [0.5, 0.6) is 5.75 Å². The van der Waals surface area contributed by atoms with Gasteiger partial charge in [0.05, 0.1) is 27.9 Å². The van der Waals surface area contributed by atoms with Crippen molar-refractivity contribution in [3.05, 3.63) is 69.2 Å². The third kappa shape index (κ3) is 4.20. The third-order valence-corrected chi connectivity index (χ3v) is 4.20. The highest BCUT2D eigenvalue weighted by Gasteiger charge is 2.13. The normalized spacial score (nSPS) is 10.3. The van der Waals surface area contributed by atoms with Gasteiger partial charge in [-0.2, -0.15) is 0 Å². The summed E-state index contributed by atoms with van der Waals surface area (Å²) in [6.45, 7) is 3.70. The molecule has 0 fully saturated rings. The van der Waals surface area contributed by atoms with E-state index in [2.05, 4.69) is 11.9 Å². The lowest BCUT2D eigenvalue weighted by atomic mass is 10.1. The standard InChI is InChI=1S/C17H14Cl3NO2/c1-3-4-10-7-11(5-6-16(10)23-2)17(22)21-15-9-13(19)12(18)8-14(15)20/h3,5-9H,1,4H2,2H3,(H,21,22). The molecule has 0 spiro atoms. The number of hydrogen-bond acceptors (Lipinski definition) is 2. The summed E-state index contributed by atoms with van der Waals surface area (Å²) in [7, 11) is 1.58. The van der Waals surface area contributed by atoms with E-state index >= 15 is 0 Å². The Hall–Kier alpha value is -1.68. The molecule has 0 aliphatic carbocycles. The number of halogens is 3. The first-order valence-corrected chi connectivity index (χ1v) is 7.83. The predicted molar refractivity (Wildman–Crippen MR) is 96.3 cm³/mol. The second-order valence-electron chi connectivity index (χ2n) is 4.72. The van der Waals surface area contributed by atoms with Crippen LogP contribution in [0.25, 0.3) is 0 Å². The van der Waals surface area contributed by atoms with Crippen molar-refractivity contribution in [3.63, 3.8) is 0 Å². The fraction of sp³-hybridized carbons (Fsp3) is 0.118. The summed E-state index contributed by atoms with van der Waals surface area (Å²) in [4.78, 5) is 12.4. The molecule has 0 saturated carbocycles. The Balaban J connectivity index is 2.29. The second-order valence-corrected chi connectivity index (χ2v) is 5.94. The molecular formula is C17H14Cl3NO2. The Morgan fingerprint density at radius 3 is 2.52 bits per heavy atom. The molecule has 2 rings (SSSR count). The number of hydrogen-bond donors (Lipinski definition) is 1. The summed E-state index contributed by atoms with van der Waals surface area (Å²) < 4.78 is 5.27. The maximum atomic E-state index is 12.4. The van der Waals surface area contributed by atoms with Crippen LogP contribution < -0.4 is 10.1 Å². The van der Waals surface area contributed by atoms with E-state index in [9.17, 15) is 4.79 Å². The largest absolute Gasteiger partial charge is 0.496 e. The third-order valence-electron chi connectivity index (χ3n) is 3.17. The van der Waals surface area contributed by atoms with Gasteiger partial charge in [-0.25, -0.2) is 0 Å². The number of amides is 1. The van der Waals surface area contributed by atoms with Gasteiger partial charge in [0.2, 0.25) is 0 Å². The molecule has 0 heterocycles. The molecule has 0 unspecified atom stereocenters. The molecule has 23 heavy (non-hydrogen) atoms. The van der Waals surface area contributed by atoms with E-state index in [1.807, 2.05) is 0 Å². The zero-order valence-corrected chi connectivity index (χ0v) is 14.6. The van der Waals surface area contributed by atoms with Crippen molar-refractivity contribution in [2.24, 2.45) is 0 Å². The van der Waals surface area contributed by atoms with E-state index in [1.54, 1.807) is 31.4 Å². The van der Waals surface area contributed by atoms with Crippen molar-refractivity contribution in [2.75, 3.05) is 12.4 Å². The molecule has 0 aromatic heterocycles. The molecule has 0 atom stereocenters. The average Bonchev–Trinajstić information content (AvgIpc) is 2.52. The van der Waals surface area contributed by atoms with E-state index in [1.165, 1.54) is 12.1 Å². The van der Waals surface area contributed by atoms with Crippen LogP contribution in [0, 0.1) is 0 Å². The minimum atomic E-state index is -0.307. The summed E-state index contributed by atoms with van der Waals surface area (Å²) >= 11 is 17.9. The van der Waals surface area contributed by atoms with E-state index < -0.39 is 0 Å². The zero-order chi connectivity index (χ0) is 17.0. The molecule has 1 N–H and O–H groups in total. The first-order valence-electron chi connectivity index (χ1n) is 6.70. The van der Waals surface area contributed by atoms with Crippen molar-refractivity contribution < 1.29 is 9.53 Å². The van der Waals surface area contributed by atoms with Gasteiger partial charge in [0, 0.05) is 5.56 Å². The number of benzene rings is 2. The molecular weight excluding hydrogens is 357 g/mol. The summed E-state index contributed by atoms with van der Waals surface area (Å²) in [5.74, 6) is 0.396. The van der Waals surface area contributed by atoms with E-state index in [-0.39, 0.29) is 5.91 Å². The predicted octanol–water partition coefficient (Wildman–Crippen LogP) is 5.64. The van der Waals surface area contributed by atoms with Crippen LogP contribution in [0.3, 0.4) is 0 Å². The van der Waals surface area contributed by atoms with E-state index in [0.29, 0.717) is 38.5 Å². The quantitative estimate of drug-likeness (QED) is 0.546. The highest BCUT2D eigenvalue weighted by molar-refractivity contribution is 6.44. The summed E-state index contributed by atoms with van der Waals surface area (Å²) in [5.41, 5.74) is 1.74. The van der Waals surface area contributed by atoms with Gasteiger partial charge in [0.15, 0.2) is 0 Å². The lowest BCUT2D eigenvalue weighted by molar-refractivity contribution is 0.102. The van der Waals surface area contributed by atoms with Crippen LogP contribution in [0.2, 0.25) is 15.1 Å². The Morgan fingerprint density at radius 1 is 1.17 bits per heavy atom. The lowest BCUT2D eigenvalue weighted by Gasteiger charge is -2.11. The molecule has 2 aromatic carbocycles. The van der Waals surface area contributed by atoms with Crippen molar-refractivity contribution in [2.45, 2.75) is 6.42 Å². The number of allylic oxidation sites excluding steroid dienone is 1. The molecule has 0 saturated heterocycles. The van der Waals surface area contributed by atoms with Crippen LogP contribution in [0.1, 0.15) is 15.9 Å². The van der Waals surface area contributed by atoms with Crippen LogP contribution in [0.15, 0.2) is 43.0 Å². The maximum absolute atomic E-state index is 12.4. The lowest BCUT2D eigenvalue weighted by Crippen LogP contribution is -2.13. The molecule has 0 aliphatic rings. The minimum Gasteiger partial charge on any atom is -0.496 e. The average molecular weight is 371 g/mol. The van der Waals surface area contributed by atoms with Crippen molar-refractivity contribution >= 4 is 46.4 Å². The number of methoxy groups -OCH3 is 1. The smallest absolute Gasteiger partial charge is 0.255 e. The van der Waals surface area contributed by atoms with Gasteiger partial charge in [0.1, 0.15) is 5.75 Å². The molecule has 3 nitrogen and oxygen atoms in total. The Morgan fingerprint density at radius 2 is 1.87 bits per heavy atom. The first kappa shape index (κ1) is 17.7. The van der Waals surface area contributed by atoms with Crippen molar-refractivity contribution in [1.29, 1.82) is 0 Å². The van der Waals surface area contributed by atoms with Gasteiger partial charge in [-0.3, -0.25) is 4.79 Å². The number of carbonyl (C=O) groups excluding carboxylic acids is 1. The molecule has 0 bridgehead atoms. The number of ether oxygens (including phenoxy) is 1. The molecule has 1 amide bonds. The van der Waals surface area contributed by atoms with Gasteiger partial charge < -0.3 is 10.1 Å². The Labute approximate surface area is 149 Å². The molecule has 120 valence electrons. The highest BCUT2D eigenvalue weighted by Crippen LogP contribution is 2.32. The second kappa shape index (κ2) is 7.73. The van der Waals surface area contributed by atoms with Crippen LogP contribution in [-0.2, 0) is 6.42 Å². The van der Waals surface area contributed by atoms with E-state index in [4.69, 9.17) is 39.5 Å². The monoisotopic (exact) mass is 369 g/mol.